The van der Waals surface area contributed by atoms with E-state index in [0.29, 0.717) is 17.2 Å². The summed E-state index contributed by atoms with van der Waals surface area (Å²) in [4.78, 5) is 16.2. The van der Waals surface area contributed by atoms with E-state index in [4.69, 9.17) is 6.42 Å². The van der Waals surface area contributed by atoms with Gasteiger partial charge in [0.2, 0.25) is 0 Å². The van der Waals surface area contributed by atoms with Crippen molar-refractivity contribution in [3.63, 3.8) is 0 Å². The molecule has 0 saturated carbocycles. The molecule has 0 atom stereocenters. The van der Waals surface area contributed by atoms with Gasteiger partial charge in [-0.2, -0.15) is 5.10 Å². The summed E-state index contributed by atoms with van der Waals surface area (Å²) in [5.74, 6) is 2.20. The molecule has 0 radical (unpaired) electrons. The molecule has 0 aliphatic rings. The summed E-state index contributed by atoms with van der Waals surface area (Å²) in [6, 6.07) is 14.2. The fourth-order valence-electron chi connectivity index (χ4n) is 2.74. The maximum atomic E-state index is 12.1. The first kappa shape index (κ1) is 16.1. The number of fused-ring (bicyclic) bond motifs is 1. The Morgan fingerprint density at radius 2 is 2.08 bits per heavy atom. The van der Waals surface area contributed by atoms with E-state index in [0.717, 1.165) is 27.6 Å². The van der Waals surface area contributed by atoms with Gasteiger partial charge in [-0.3, -0.25) is 9.89 Å². The summed E-state index contributed by atoms with van der Waals surface area (Å²) < 4.78 is 0. The largest absolute Gasteiger partial charge is 0.347 e. The zero-order chi connectivity index (χ0) is 17.9. The Hall–Kier alpha value is -3.43. The van der Waals surface area contributed by atoms with Crippen molar-refractivity contribution in [3.8, 4) is 23.5 Å². The Morgan fingerprint density at radius 1 is 1.23 bits per heavy atom. The topological polar surface area (TPSA) is 70.7 Å². The molecule has 2 heterocycles. The van der Waals surface area contributed by atoms with Crippen molar-refractivity contribution in [2.75, 3.05) is 0 Å². The van der Waals surface area contributed by atoms with Crippen LogP contribution in [0.3, 0.4) is 0 Å². The van der Waals surface area contributed by atoms with Gasteiger partial charge in [0.05, 0.1) is 11.7 Å². The second-order valence-corrected chi connectivity index (χ2v) is 6.56. The van der Waals surface area contributed by atoms with Crippen molar-refractivity contribution >= 4 is 28.1 Å². The molecule has 2 aromatic carbocycles. The summed E-state index contributed by atoms with van der Waals surface area (Å²) in [5.41, 5.74) is 4.59. The number of H-pyrrole nitrogens is 1. The van der Waals surface area contributed by atoms with Gasteiger partial charge in [0.15, 0.2) is 5.01 Å². The lowest BCUT2D eigenvalue weighted by Crippen LogP contribution is -2.23. The summed E-state index contributed by atoms with van der Waals surface area (Å²) >= 11 is 1.29. The van der Waals surface area contributed by atoms with E-state index in [2.05, 4.69) is 32.5 Å². The first-order valence-electron chi connectivity index (χ1n) is 7.96. The minimum Gasteiger partial charge on any atom is -0.347 e. The number of aromatic amines is 1. The summed E-state index contributed by atoms with van der Waals surface area (Å²) in [5, 5.41) is 13.2. The molecule has 126 valence electrons. The number of hydrogen-bond donors (Lipinski definition) is 2. The third-order valence-corrected chi connectivity index (χ3v) is 4.84. The number of nitrogens with one attached hydrogen (secondary N) is 2. The quantitative estimate of drug-likeness (QED) is 0.548. The zero-order valence-corrected chi connectivity index (χ0v) is 14.5. The van der Waals surface area contributed by atoms with E-state index in [1.54, 1.807) is 5.38 Å². The molecule has 0 bridgehead atoms. The Morgan fingerprint density at radius 3 is 2.85 bits per heavy atom. The fourth-order valence-corrected chi connectivity index (χ4v) is 3.34. The van der Waals surface area contributed by atoms with Gasteiger partial charge in [0.25, 0.3) is 5.91 Å². The number of amides is 1. The van der Waals surface area contributed by atoms with E-state index in [1.165, 1.54) is 11.3 Å². The van der Waals surface area contributed by atoms with E-state index in [-0.39, 0.29) is 5.91 Å². The van der Waals surface area contributed by atoms with Crippen LogP contribution in [0.1, 0.15) is 21.1 Å². The average Bonchev–Trinajstić information content (AvgIpc) is 3.35. The lowest BCUT2D eigenvalue weighted by molar-refractivity contribution is 0.0946. The van der Waals surface area contributed by atoms with Gasteiger partial charge >= 0.3 is 0 Å². The summed E-state index contributed by atoms with van der Waals surface area (Å²) in [6.45, 7) is 0.429. The molecule has 0 fully saturated rings. The number of nitrogens with zero attached hydrogens (tertiary/aromatic N) is 2. The smallest absolute Gasteiger partial charge is 0.271 e. The molecule has 2 aromatic heterocycles. The minimum atomic E-state index is -0.227. The van der Waals surface area contributed by atoms with Crippen LogP contribution in [0.5, 0.6) is 0 Å². The maximum Gasteiger partial charge on any atom is 0.271 e. The SMILES string of the molecule is C#Cc1nc(C(=O)NCc2ccc(-c3cccc4[nH]ncc34)cc2)cs1. The predicted molar refractivity (Wildman–Crippen MR) is 103 cm³/mol. The van der Waals surface area contributed by atoms with Crippen LogP contribution in [0.2, 0.25) is 0 Å². The zero-order valence-electron chi connectivity index (χ0n) is 13.7. The van der Waals surface area contributed by atoms with E-state index in [1.807, 2.05) is 42.6 Å². The van der Waals surface area contributed by atoms with Crippen molar-refractivity contribution < 1.29 is 4.79 Å². The number of aromatic nitrogens is 3. The molecule has 4 aromatic rings. The van der Waals surface area contributed by atoms with Crippen LogP contribution in [0.15, 0.2) is 54.0 Å². The van der Waals surface area contributed by atoms with Crippen molar-refractivity contribution in [3.05, 3.63) is 70.3 Å². The van der Waals surface area contributed by atoms with Crippen LogP contribution in [0, 0.1) is 12.3 Å². The molecule has 1 amide bonds. The second-order valence-electron chi connectivity index (χ2n) is 5.70. The van der Waals surface area contributed by atoms with Crippen LogP contribution < -0.4 is 5.32 Å². The standard InChI is InChI=1S/C20H14N4OS/c1-2-19-23-18(12-26-19)20(25)21-10-13-6-8-14(9-7-13)15-4-3-5-17-16(15)11-22-24-17/h1,3-9,11-12H,10H2,(H,21,25)(H,22,24). The van der Waals surface area contributed by atoms with Crippen LogP contribution in [0.4, 0.5) is 0 Å². The molecule has 5 nitrogen and oxygen atoms in total. The summed E-state index contributed by atoms with van der Waals surface area (Å²) in [6.07, 6.45) is 7.11. The highest BCUT2D eigenvalue weighted by molar-refractivity contribution is 7.10. The Balaban J connectivity index is 1.47. The number of terminal acetylenes is 1. The first-order valence-corrected chi connectivity index (χ1v) is 8.84. The lowest BCUT2D eigenvalue weighted by atomic mass is 10.0. The molecule has 0 aliphatic heterocycles. The van der Waals surface area contributed by atoms with Crippen LogP contribution >= 0.6 is 11.3 Å². The van der Waals surface area contributed by atoms with Gasteiger partial charge in [-0.15, -0.1) is 17.8 Å². The first-order chi connectivity index (χ1) is 12.7. The highest BCUT2D eigenvalue weighted by atomic mass is 32.1. The van der Waals surface area contributed by atoms with Crippen LogP contribution in [0.25, 0.3) is 22.0 Å². The third kappa shape index (κ3) is 3.08. The molecule has 0 spiro atoms. The molecule has 0 saturated heterocycles. The van der Waals surface area contributed by atoms with E-state index >= 15 is 0 Å². The van der Waals surface area contributed by atoms with Crippen molar-refractivity contribution in [2.45, 2.75) is 6.54 Å². The van der Waals surface area contributed by atoms with Crippen LogP contribution in [-0.4, -0.2) is 21.1 Å². The van der Waals surface area contributed by atoms with Gasteiger partial charge in [-0.05, 0) is 28.7 Å². The Bertz CT molecular complexity index is 1120. The highest BCUT2D eigenvalue weighted by Gasteiger charge is 2.10. The predicted octanol–water partition coefficient (Wildman–Crippen LogP) is 3.60. The lowest BCUT2D eigenvalue weighted by Gasteiger charge is -2.07. The molecule has 4 rings (SSSR count). The number of rotatable bonds is 4. The van der Waals surface area contributed by atoms with Gasteiger partial charge in [-0.1, -0.05) is 36.4 Å². The fraction of sp³-hybridized carbons (Fsp3) is 0.0500. The normalized spacial score (nSPS) is 10.6. The minimum absolute atomic E-state index is 0.227. The van der Waals surface area contributed by atoms with Gasteiger partial charge in [0, 0.05) is 17.3 Å². The number of hydrogen-bond acceptors (Lipinski definition) is 4. The monoisotopic (exact) mass is 358 g/mol. The molecular weight excluding hydrogens is 344 g/mol. The second kappa shape index (κ2) is 6.82. The van der Waals surface area contributed by atoms with E-state index < -0.39 is 0 Å². The van der Waals surface area contributed by atoms with Gasteiger partial charge in [0.1, 0.15) is 5.69 Å². The number of carbonyl (C=O) groups excluding carboxylic acids is 1. The van der Waals surface area contributed by atoms with Crippen molar-refractivity contribution in [2.24, 2.45) is 0 Å². The highest BCUT2D eigenvalue weighted by Crippen LogP contribution is 2.27. The maximum absolute atomic E-state index is 12.1. The summed E-state index contributed by atoms with van der Waals surface area (Å²) in [7, 11) is 0. The number of benzene rings is 2. The Labute approximate surface area is 154 Å². The van der Waals surface area contributed by atoms with Crippen LogP contribution in [-0.2, 0) is 6.54 Å². The number of carbonyl (C=O) groups is 1. The van der Waals surface area contributed by atoms with Crippen molar-refractivity contribution in [1.29, 1.82) is 0 Å². The molecule has 2 N–H and O–H groups in total. The molecule has 26 heavy (non-hydrogen) atoms. The Kier molecular flexibility index (Phi) is 4.22. The van der Waals surface area contributed by atoms with Crippen molar-refractivity contribution in [1.82, 2.24) is 20.5 Å². The molecule has 6 heteroatoms. The average molecular weight is 358 g/mol. The molecule has 0 unspecified atom stereocenters. The molecule has 0 aliphatic carbocycles. The van der Waals surface area contributed by atoms with Gasteiger partial charge in [-0.25, -0.2) is 4.98 Å². The third-order valence-electron chi connectivity index (χ3n) is 4.06. The van der Waals surface area contributed by atoms with Gasteiger partial charge < -0.3 is 5.32 Å². The molecular formula is C20H14N4OS. The number of thiazole rings is 1. The van der Waals surface area contributed by atoms with E-state index in [9.17, 15) is 4.79 Å².